The lowest BCUT2D eigenvalue weighted by atomic mass is 10.0. The molecule has 0 saturated carbocycles. The van der Waals surface area contributed by atoms with Gasteiger partial charge in [0.05, 0.1) is 0 Å². The number of aryl methyl sites for hydroxylation is 1. The van der Waals surface area contributed by atoms with Gasteiger partial charge in [0.15, 0.2) is 0 Å². The van der Waals surface area contributed by atoms with Gasteiger partial charge in [-0.1, -0.05) is 69.9 Å². The summed E-state index contributed by atoms with van der Waals surface area (Å²) in [6.07, 6.45) is 6.67. The van der Waals surface area contributed by atoms with Crippen LogP contribution >= 0.6 is 0 Å². The minimum absolute atomic E-state index is 0.518. The van der Waals surface area contributed by atoms with Crippen LogP contribution in [0.1, 0.15) is 40.2 Å². The zero-order chi connectivity index (χ0) is 19.0. The maximum Gasteiger partial charge on any atom is 0.119 e. The quantitative estimate of drug-likeness (QED) is 0.384. The molecule has 0 heterocycles. The summed E-state index contributed by atoms with van der Waals surface area (Å²) in [5.74, 6) is 0.884. The second-order valence-corrected chi connectivity index (χ2v) is 4.83. The molecular formula is C23H34O. The molecule has 0 aliphatic rings. The standard InChI is InChI=1S/C19H24O.C2H6.C2H4/c1-6-9-17(19(8-3)15(4)5)14-20-18-12-10-16(7-2)11-13-18;2*1-2/h6,8-13H,1,3,7,14H2,2,4-5H3;1-2H3;1-2H2/b17-9-;;. The molecule has 0 N–H and O–H groups in total. The van der Waals surface area contributed by atoms with Crippen molar-refractivity contribution >= 4 is 0 Å². The van der Waals surface area contributed by atoms with Gasteiger partial charge in [0.1, 0.15) is 12.4 Å². The number of benzene rings is 1. The number of rotatable bonds is 7. The van der Waals surface area contributed by atoms with E-state index in [2.05, 4.69) is 59.2 Å². The van der Waals surface area contributed by atoms with Gasteiger partial charge in [0.25, 0.3) is 0 Å². The van der Waals surface area contributed by atoms with Crippen LogP contribution in [0.4, 0.5) is 0 Å². The molecule has 1 aromatic rings. The van der Waals surface area contributed by atoms with Crippen LogP contribution in [0.3, 0.4) is 0 Å². The second kappa shape index (κ2) is 15.6. The van der Waals surface area contributed by atoms with Crippen LogP contribution in [-0.2, 0) is 6.42 Å². The smallest absolute Gasteiger partial charge is 0.119 e. The van der Waals surface area contributed by atoms with Gasteiger partial charge >= 0.3 is 0 Å². The Bertz CT molecular complexity index is 526. The Kier molecular flexibility index (Phi) is 15.6. The van der Waals surface area contributed by atoms with Crippen LogP contribution in [0, 0.1) is 0 Å². The number of ether oxygens (including phenoxy) is 1. The van der Waals surface area contributed by atoms with Crippen molar-refractivity contribution in [2.24, 2.45) is 0 Å². The zero-order valence-corrected chi connectivity index (χ0v) is 16.2. The van der Waals surface area contributed by atoms with E-state index in [-0.39, 0.29) is 0 Å². The number of hydrogen-bond acceptors (Lipinski definition) is 1. The van der Waals surface area contributed by atoms with Crippen molar-refractivity contribution in [3.05, 3.63) is 91.1 Å². The van der Waals surface area contributed by atoms with Crippen molar-refractivity contribution in [3.8, 4) is 5.75 Å². The largest absolute Gasteiger partial charge is 0.489 e. The second-order valence-electron chi connectivity index (χ2n) is 4.83. The topological polar surface area (TPSA) is 9.23 Å². The van der Waals surface area contributed by atoms with Crippen LogP contribution in [0.5, 0.6) is 5.75 Å². The predicted molar refractivity (Wildman–Crippen MR) is 111 cm³/mol. The van der Waals surface area contributed by atoms with E-state index in [0.717, 1.165) is 23.3 Å². The van der Waals surface area contributed by atoms with E-state index in [9.17, 15) is 0 Å². The fourth-order valence-electron chi connectivity index (χ4n) is 2.00. The molecule has 0 amide bonds. The highest BCUT2D eigenvalue weighted by atomic mass is 16.5. The van der Waals surface area contributed by atoms with Crippen LogP contribution < -0.4 is 4.74 Å². The highest BCUT2D eigenvalue weighted by molar-refractivity contribution is 5.44. The van der Waals surface area contributed by atoms with E-state index in [1.165, 1.54) is 11.1 Å². The monoisotopic (exact) mass is 326 g/mol. The summed E-state index contributed by atoms with van der Waals surface area (Å²) in [6.45, 7) is 24.4. The highest BCUT2D eigenvalue weighted by Crippen LogP contribution is 2.19. The molecule has 1 heteroatoms. The maximum atomic E-state index is 5.86. The Balaban J connectivity index is 0. The molecule has 24 heavy (non-hydrogen) atoms. The Morgan fingerprint density at radius 1 is 1.04 bits per heavy atom. The first-order valence-electron chi connectivity index (χ1n) is 8.46. The molecule has 0 saturated heterocycles. The third kappa shape index (κ3) is 8.99. The molecule has 0 atom stereocenters. The Labute approximate surface area is 149 Å². The van der Waals surface area contributed by atoms with Gasteiger partial charge in [0, 0.05) is 0 Å². The minimum atomic E-state index is 0.518. The summed E-state index contributed by atoms with van der Waals surface area (Å²) >= 11 is 0. The fourth-order valence-corrected chi connectivity index (χ4v) is 2.00. The molecule has 1 nitrogen and oxygen atoms in total. The number of allylic oxidation sites excluding steroid dienone is 4. The summed E-state index contributed by atoms with van der Waals surface area (Å²) < 4.78 is 5.86. The lowest BCUT2D eigenvalue weighted by Crippen LogP contribution is -2.04. The molecule has 0 fully saturated rings. The Hall–Kier alpha value is -2.28. The SMILES string of the molecule is C=C.C=C/C=C(/COc1ccc(CC)cc1)C(C=C)=C(C)C.CC. The molecular weight excluding hydrogens is 292 g/mol. The van der Waals surface area contributed by atoms with Crippen LogP contribution in [-0.4, -0.2) is 6.61 Å². The van der Waals surface area contributed by atoms with Gasteiger partial charge in [0.2, 0.25) is 0 Å². The van der Waals surface area contributed by atoms with Crippen molar-refractivity contribution < 1.29 is 4.74 Å². The van der Waals surface area contributed by atoms with Crippen LogP contribution in [0.25, 0.3) is 0 Å². The highest BCUT2D eigenvalue weighted by Gasteiger charge is 2.04. The minimum Gasteiger partial charge on any atom is -0.489 e. The van der Waals surface area contributed by atoms with Crippen molar-refractivity contribution in [3.63, 3.8) is 0 Å². The Morgan fingerprint density at radius 2 is 1.58 bits per heavy atom. The van der Waals surface area contributed by atoms with E-state index >= 15 is 0 Å². The molecule has 0 aliphatic heterocycles. The van der Waals surface area contributed by atoms with E-state index in [1.807, 2.05) is 38.1 Å². The van der Waals surface area contributed by atoms with E-state index < -0.39 is 0 Å². The predicted octanol–water partition coefficient (Wildman–Crippen LogP) is 7.09. The maximum absolute atomic E-state index is 5.86. The molecule has 0 spiro atoms. The van der Waals surface area contributed by atoms with Crippen molar-refractivity contribution in [2.75, 3.05) is 6.61 Å². The summed E-state index contributed by atoms with van der Waals surface area (Å²) in [5, 5.41) is 0. The normalized spacial score (nSPS) is 9.46. The average molecular weight is 327 g/mol. The first kappa shape index (κ1) is 24.0. The average Bonchev–Trinajstić information content (AvgIpc) is 2.63. The van der Waals surface area contributed by atoms with Gasteiger partial charge in [-0.15, -0.1) is 13.2 Å². The molecule has 0 unspecified atom stereocenters. The van der Waals surface area contributed by atoms with Crippen molar-refractivity contribution in [1.29, 1.82) is 0 Å². The van der Waals surface area contributed by atoms with Crippen molar-refractivity contribution in [2.45, 2.75) is 41.0 Å². The molecule has 0 aromatic heterocycles. The first-order chi connectivity index (χ1) is 11.6. The van der Waals surface area contributed by atoms with E-state index in [4.69, 9.17) is 4.74 Å². The van der Waals surface area contributed by atoms with Crippen LogP contribution in [0.15, 0.2) is 85.5 Å². The zero-order valence-electron chi connectivity index (χ0n) is 16.2. The van der Waals surface area contributed by atoms with Gasteiger partial charge in [-0.05, 0) is 49.1 Å². The van der Waals surface area contributed by atoms with Gasteiger partial charge in [-0.3, -0.25) is 0 Å². The summed E-state index contributed by atoms with van der Waals surface area (Å²) in [7, 11) is 0. The molecule has 1 rings (SSSR count). The van der Waals surface area contributed by atoms with E-state index in [0.29, 0.717) is 6.61 Å². The molecule has 0 aliphatic carbocycles. The molecule has 132 valence electrons. The van der Waals surface area contributed by atoms with Crippen molar-refractivity contribution in [1.82, 2.24) is 0 Å². The van der Waals surface area contributed by atoms with Gasteiger partial charge in [-0.25, -0.2) is 0 Å². The van der Waals surface area contributed by atoms with Gasteiger partial charge < -0.3 is 4.74 Å². The molecule has 0 radical (unpaired) electrons. The third-order valence-corrected chi connectivity index (χ3v) is 3.13. The number of hydrogen-bond donors (Lipinski definition) is 0. The fraction of sp³-hybridized carbons (Fsp3) is 0.304. The summed E-state index contributed by atoms with van der Waals surface area (Å²) in [4.78, 5) is 0. The molecule has 1 aromatic carbocycles. The third-order valence-electron chi connectivity index (χ3n) is 3.13. The Morgan fingerprint density at radius 3 is 1.96 bits per heavy atom. The van der Waals surface area contributed by atoms with E-state index in [1.54, 1.807) is 6.08 Å². The van der Waals surface area contributed by atoms with Crippen LogP contribution in [0.2, 0.25) is 0 Å². The summed E-state index contributed by atoms with van der Waals surface area (Å²) in [6, 6.07) is 8.23. The van der Waals surface area contributed by atoms with Gasteiger partial charge in [-0.2, -0.15) is 0 Å². The lowest BCUT2D eigenvalue weighted by Gasteiger charge is -2.12. The first-order valence-corrected chi connectivity index (χ1v) is 8.46. The molecule has 0 bridgehead atoms. The lowest BCUT2D eigenvalue weighted by molar-refractivity contribution is 0.354. The summed E-state index contributed by atoms with van der Waals surface area (Å²) in [5.41, 5.74) is 4.75.